The van der Waals surface area contributed by atoms with E-state index in [2.05, 4.69) is 4.99 Å². The molecule has 0 aromatic heterocycles. The van der Waals surface area contributed by atoms with E-state index in [1.54, 1.807) is 18.7 Å². The topological polar surface area (TPSA) is 91.6 Å². The fourth-order valence-corrected chi connectivity index (χ4v) is 2.81. The molecule has 0 amide bonds. The van der Waals surface area contributed by atoms with Crippen molar-refractivity contribution in [1.29, 1.82) is 0 Å². The monoisotopic (exact) mass is 332 g/mol. The predicted octanol–water partition coefficient (Wildman–Crippen LogP) is 1.34. The van der Waals surface area contributed by atoms with Gasteiger partial charge in [0.1, 0.15) is 18.0 Å². The third-order valence-electron chi connectivity index (χ3n) is 4.03. The second kappa shape index (κ2) is 6.26. The number of ether oxygens (including phenoxy) is 2. The van der Waals surface area contributed by atoms with Gasteiger partial charge in [-0.3, -0.25) is 0 Å². The first kappa shape index (κ1) is 16.5. The molecule has 1 aromatic carbocycles. The van der Waals surface area contributed by atoms with E-state index in [1.165, 1.54) is 0 Å². The number of carbonyl (C=O) groups is 1. The van der Waals surface area contributed by atoms with Crippen LogP contribution in [0.5, 0.6) is 0 Å². The minimum Gasteiger partial charge on any atom is -0.486 e. The lowest BCUT2D eigenvalue weighted by Gasteiger charge is -2.44. The molecule has 1 aromatic rings. The van der Waals surface area contributed by atoms with Gasteiger partial charge in [0.15, 0.2) is 17.7 Å². The van der Waals surface area contributed by atoms with Gasteiger partial charge in [0.05, 0.1) is 6.61 Å². The van der Waals surface area contributed by atoms with Gasteiger partial charge >= 0.3 is 5.97 Å². The molecule has 0 radical (unpaired) electrons. The molecular weight excluding hydrogens is 312 g/mol. The Bertz CT molecular complexity index is 696. The highest BCUT2D eigenvalue weighted by molar-refractivity contribution is 5.98. The largest absolute Gasteiger partial charge is 0.486 e. The molecule has 24 heavy (non-hydrogen) atoms. The van der Waals surface area contributed by atoms with E-state index in [0.29, 0.717) is 19.0 Å². The highest BCUT2D eigenvalue weighted by Gasteiger charge is 2.43. The number of hydrogen-bond donors (Lipinski definition) is 2. The molecule has 1 fully saturated rings. The van der Waals surface area contributed by atoms with Gasteiger partial charge < -0.3 is 24.6 Å². The van der Waals surface area contributed by atoms with Crippen molar-refractivity contribution in [2.45, 2.75) is 32.3 Å². The molecule has 2 aliphatic heterocycles. The van der Waals surface area contributed by atoms with Crippen LogP contribution in [0, 0.1) is 0 Å². The summed E-state index contributed by atoms with van der Waals surface area (Å²) in [6, 6.07) is 9.34. The molecule has 0 spiro atoms. The Morgan fingerprint density at radius 2 is 2.12 bits per heavy atom. The Labute approximate surface area is 139 Å². The van der Waals surface area contributed by atoms with Crippen molar-refractivity contribution in [1.82, 2.24) is 4.90 Å². The summed E-state index contributed by atoms with van der Waals surface area (Å²) in [5, 5.41) is 20.1. The smallest absolute Gasteiger partial charge is 0.358 e. The van der Waals surface area contributed by atoms with E-state index in [4.69, 9.17) is 9.47 Å². The Morgan fingerprint density at radius 1 is 1.42 bits per heavy atom. The normalized spacial score (nSPS) is 22.7. The number of aliphatic hydroxyl groups excluding tert-OH is 1. The van der Waals surface area contributed by atoms with Gasteiger partial charge in [0.2, 0.25) is 0 Å². The van der Waals surface area contributed by atoms with Crippen molar-refractivity contribution in [3.05, 3.63) is 47.4 Å². The van der Waals surface area contributed by atoms with E-state index in [-0.39, 0.29) is 18.1 Å². The van der Waals surface area contributed by atoms with Gasteiger partial charge in [-0.2, -0.15) is 0 Å². The Kier molecular flexibility index (Phi) is 4.29. The minimum atomic E-state index is -1.24. The molecule has 0 aliphatic carbocycles. The van der Waals surface area contributed by atoms with Crippen LogP contribution in [0.15, 0.2) is 46.8 Å². The fraction of sp³-hybridized carbons (Fsp3) is 0.412. The molecule has 1 unspecified atom stereocenters. The van der Waals surface area contributed by atoms with Crippen LogP contribution >= 0.6 is 0 Å². The van der Waals surface area contributed by atoms with Crippen LogP contribution in [0.25, 0.3) is 0 Å². The Balaban J connectivity index is 1.94. The third-order valence-corrected chi connectivity index (χ3v) is 4.03. The second-order valence-corrected chi connectivity index (χ2v) is 6.15. The summed E-state index contributed by atoms with van der Waals surface area (Å²) in [6.45, 7) is 4.56. The van der Waals surface area contributed by atoms with E-state index in [0.717, 1.165) is 5.56 Å². The summed E-state index contributed by atoms with van der Waals surface area (Å²) in [5.74, 6) is -0.899. The molecule has 128 valence electrons. The van der Waals surface area contributed by atoms with Gasteiger partial charge in [0.25, 0.3) is 0 Å². The molecule has 2 aliphatic rings. The van der Waals surface area contributed by atoms with Crippen molar-refractivity contribution in [3.63, 3.8) is 0 Å². The highest BCUT2D eigenvalue weighted by atomic mass is 16.5. The number of benzene rings is 1. The third kappa shape index (κ3) is 3.00. The zero-order valence-corrected chi connectivity index (χ0v) is 13.6. The zero-order chi connectivity index (χ0) is 17.3. The summed E-state index contributed by atoms with van der Waals surface area (Å²) in [5.41, 5.74) is -0.187. The molecule has 2 N–H and O–H groups in total. The first-order valence-electron chi connectivity index (χ1n) is 7.72. The Hall–Kier alpha value is -2.38. The molecule has 7 nitrogen and oxygen atoms in total. The van der Waals surface area contributed by atoms with Crippen molar-refractivity contribution < 1.29 is 24.5 Å². The van der Waals surface area contributed by atoms with Crippen molar-refractivity contribution in [2.75, 3.05) is 13.2 Å². The highest BCUT2D eigenvalue weighted by Crippen LogP contribution is 2.31. The van der Waals surface area contributed by atoms with Crippen LogP contribution in [-0.2, 0) is 20.9 Å². The van der Waals surface area contributed by atoms with Crippen molar-refractivity contribution in [3.8, 4) is 0 Å². The lowest BCUT2D eigenvalue weighted by Crippen LogP contribution is -2.59. The predicted molar refractivity (Wildman–Crippen MR) is 86.1 cm³/mol. The van der Waals surface area contributed by atoms with Crippen molar-refractivity contribution in [2.24, 2.45) is 4.99 Å². The number of fused-ring (bicyclic) bond motifs is 1. The number of carboxylic acid groups (broad SMARTS) is 1. The van der Waals surface area contributed by atoms with E-state index < -0.39 is 17.8 Å². The molecule has 1 atom stereocenters. The molecule has 3 rings (SSSR count). The number of aliphatic carboxylic acids is 1. The number of amidine groups is 1. The molecule has 0 saturated carbocycles. The first-order valence-corrected chi connectivity index (χ1v) is 7.72. The van der Waals surface area contributed by atoms with Crippen LogP contribution in [0.4, 0.5) is 0 Å². The van der Waals surface area contributed by atoms with E-state index >= 15 is 0 Å². The second-order valence-electron chi connectivity index (χ2n) is 6.15. The molecular formula is C17H20N2O5. The number of rotatable bonds is 4. The quantitative estimate of drug-likeness (QED) is 0.864. The number of aliphatic hydroxyl groups is 1. The molecule has 0 bridgehead atoms. The van der Waals surface area contributed by atoms with Crippen LogP contribution in [0.2, 0.25) is 0 Å². The maximum Gasteiger partial charge on any atom is 0.358 e. The summed E-state index contributed by atoms with van der Waals surface area (Å²) >= 11 is 0. The molecule has 7 heteroatoms. The van der Waals surface area contributed by atoms with Gasteiger partial charge in [0, 0.05) is 6.54 Å². The zero-order valence-electron chi connectivity index (χ0n) is 13.6. The fourth-order valence-electron chi connectivity index (χ4n) is 2.81. The van der Waals surface area contributed by atoms with Crippen LogP contribution < -0.4 is 0 Å². The maximum absolute atomic E-state index is 11.6. The van der Waals surface area contributed by atoms with Gasteiger partial charge in [-0.15, -0.1) is 0 Å². The summed E-state index contributed by atoms with van der Waals surface area (Å²) in [6.07, 6.45) is -1.20. The lowest BCUT2D eigenvalue weighted by atomic mass is 10.0. The van der Waals surface area contributed by atoms with Crippen LogP contribution in [0.3, 0.4) is 0 Å². The lowest BCUT2D eigenvalue weighted by molar-refractivity contribution is -0.133. The standard InChI is InChI=1S/C17H20N2O5/c1-17(2)16-18-12(15(21)22)13(14(20)19(16)8-9-24-17)23-10-11-6-4-3-5-7-11/h3-7,14,20H,8-10H2,1-2H3,(H,21,22). The van der Waals surface area contributed by atoms with Gasteiger partial charge in [-0.05, 0) is 19.4 Å². The summed E-state index contributed by atoms with van der Waals surface area (Å²) in [7, 11) is 0. The van der Waals surface area contributed by atoms with Crippen molar-refractivity contribution >= 4 is 11.8 Å². The summed E-state index contributed by atoms with van der Waals surface area (Å²) in [4.78, 5) is 17.4. The SMILES string of the molecule is CC1(C)OCCN2C1=NC(C(=O)O)=C(OCc1ccccc1)C2O. The summed E-state index contributed by atoms with van der Waals surface area (Å²) < 4.78 is 11.3. The van der Waals surface area contributed by atoms with Crippen LogP contribution in [0.1, 0.15) is 19.4 Å². The van der Waals surface area contributed by atoms with E-state index in [9.17, 15) is 15.0 Å². The average Bonchev–Trinajstić information content (AvgIpc) is 2.55. The molecule has 1 saturated heterocycles. The van der Waals surface area contributed by atoms with Gasteiger partial charge in [-0.25, -0.2) is 9.79 Å². The first-order chi connectivity index (χ1) is 11.4. The Morgan fingerprint density at radius 3 is 2.79 bits per heavy atom. The average molecular weight is 332 g/mol. The molecule has 2 heterocycles. The van der Waals surface area contributed by atoms with Crippen LogP contribution in [-0.4, -0.2) is 51.9 Å². The number of nitrogens with zero attached hydrogens (tertiary/aromatic N) is 2. The van der Waals surface area contributed by atoms with E-state index in [1.807, 2.05) is 30.3 Å². The number of aliphatic imine (C=N–C) groups is 1. The number of morpholine rings is 1. The van der Waals surface area contributed by atoms with Gasteiger partial charge in [-0.1, -0.05) is 30.3 Å². The number of hydrogen-bond acceptors (Lipinski definition) is 6. The minimum absolute atomic E-state index is 0.0483. The number of carboxylic acids is 1. The maximum atomic E-state index is 11.6.